The molecule has 1 aliphatic heterocycles. The number of nitrogens with zero attached hydrogens (tertiary/aromatic N) is 1. The molecule has 1 aromatic carbocycles. The Bertz CT molecular complexity index is 557. The molecule has 1 amide bonds. The minimum absolute atomic E-state index is 0.205. The summed E-state index contributed by atoms with van der Waals surface area (Å²) in [6.45, 7) is 6.53. The van der Waals surface area contributed by atoms with Gasteiger partial charge in [-0.05, 0) is 82.1 Å². The molecule has 0 unspecified atom stereocenters. The van der Waals surface area contributed by atoms with Gasteiger partial charge in [0.2, 0.25) is 0 Å². The molecule has 3 rings (SSSR count). The molecule has 114 valence electrons. The highest BCUT2D eigenvalue weighted by Gasteiger charge is 2.27. The molecule has 21 heavy (non-hydrogen) atoms. The number of carbonyl (C=O) groups excluding carboxylic acids is 1. The first-order valence-electron chi connectivity index (χ1n) is 8.09. The van der Waals surface area contributed by atoms with Gasteiger partial charge in [0.15, 0.2) is 0 Å². The molecule has 2 aliphatic rings. The molecule has 0 bridgehead atoms. The van der Waals surface area contributed by atoms with E-state index < -0.39 is 5.60 Å². The largest absolute Gasteiger partial charge is 0.443 e. The van der Waals surface area contributed by atoms with E-state index >= 15 is 0 Å². The summed E-state index contributed by atoms with van der Waals surface area (Å²) in [5.41, 5.74) is 4.87. The molecule has 1 heterocycles. The fraction of sp³-hybridized carbons (Fsp3) is 0.611. The normalized spacial score (nSPS) is 18.0. The van der Waals surface area contributed by atoms with Gasteiger partial charge < -0.3 is 4.74 Å². The van der Waals surface area contributed by atoms with E-state index in [0.29, 0.717) is 0 Å². The van der Waals surface area contributed by atoms with Gasteiger partial charge >= 0.3 is 6.09 Å². The Labute approximate surface area is 127 Å². The lowest BCUT2D eigenvalue weighted by Gasteiger charge is -2.28. The molecule has 0 N–H and O–H groups in total. The summed E-state index contributed by atoms with van der Waals surface area (Å²) < 4.78 is 5.60. The van der Waals surface area contributed by atoms with Crippen LogP contribution in [0.4, 0.5) is 10.5 Å². The predicted molar refractivity (Wildman–Crippen MR) is 85.0 cm³/mol. The fourth-order valence-corrected chi connectivity index (χ4v) is 3.33. The summed E-state index contributed by atoms with van der Waals surface area (Å²) in [4.78, 5) is 14.4. The summed E-state index contributed by atoms with van der Waals surface area (Å²) >= 11 is 0. The van der Waals surface area contributed by atoms with E-state index in [1.54, 1.807) is 0 Å². The second-order valence-electron chi connectivity index (χ2n) is 7.19. The number of hydrogen-bond donors (Lipinski definition) is 0. The lowest BCUT2D eigenvalue weighted by atomic mass is 10.0. The molecule has 0 saturated heterocycles. The topological polar surface area (TPSA) is 29.5 Å². The smallest absolute Gasteiger partial charge is 0.414 e. The molecule has 0 saturated carbocycles. The fourth-order valence-electron chi connectivity index (χ4n) is 3.33. The number of carbonyl (C=O) groups is 1. The molecule has 0 spiro atoms. The van der Waals surface area contributed by atoms with Crippen molar-refractivity contribution < 1.29 is 9.53 Å². The first-order valence-corrected chi connectivity index (χ1v) is 8.09. The Kier molecular flexibility index (Phi) is 3.68. The van der Waals surface area contributed by atoms with Gasteiger partial charge in [-0.2, -0.15) is 0 Å². The first-order chi connectivity index (χ1) is 9.94. The number of anilines is 1. The van der Waals surface area contributed by atoms with Crippen LogP contribution in [0.5, 0.6) is 0 Å². The summed E-state index contributed by atoms with van der Waals surface area (Å²) in [5, 5.41) is 0. The van der Waals surface area contributed by atoms with Crippen LogP contribution in [0.3, 0.4) is 0 Å². The first kappa shape index (κ1) is 14.4. The van der Waals surface area contributed by atoms with Crippen LogP contribution in [-0.4, -0.2) is 18.2 Å². The van der Waals surface area contributed by atoms with Crippen molar-refractivity contribution in [3.05, 3.63) is 28.8 Å². The van der Waals surface area contributed by atoms with E-state index in [4.69, 9.17) is 4.74 Å². The van der Waals surface area contributed by atoms with Crippen LogP contribution in [0.15, 0.2) is 12.1 Å². The summed E-state index contributed by atoms with van der Waals surface area (Å²) in [5.74, 6) is 0. The van der Waals surface area contributed by atoms with Crippen molar-refractivity contribution in [2.24, 2.45) is 0 Å². The average molecular weight is 287 g/mol. The number of aryl methyl sites for hydroxylation is 3. The highest BCUT2D eigenvalue weighted by atomic mass is 16.6. The highest BCUT2D eigenvalue weighted by molar-refractivity contribution is 5.89. The summed E-state index contributed by atoms with van der Waals surface area (Å²) in [6, 6.07) is 4.58. The predicted octanol–water partition coefficient (Wildman–Crippen LogP) is 4.25. The molecule has 0 atom stereocenters. The third kappa shape index (κ3) is 3.07. The molecule has 0 radical (unpaired) electrons. The molecule has 0 fully saturated rings. The van der Waals surface area contributed by atoms with Gasteiger partial charge in [-0.15, -0.1) is 0 Å². The molecule has 3 nitrogen and oxygen atoms in total. The third-order valence-corrected chi connectivity index (χ3v) is 4.28. The second kappa shape index (κ2) is 5.36. The van der Waals surface area contributed by atoms with Crippen LogP contribution in [-0.2, 0) is 24.0 Å². The summed E-state index contributed by atoms with van der Waals surface area (Å²) in [7, 11) is 0. The average Bonchev–Trinajstić information content (AvgIpc) is 2.72. The van der Waals surface area contributed by atoms with Gasteiger partial charge in [0.1, 0.15) is 5.60 Å². The van der Waals surface area contributed by atoms with E-state index in [0.717, 1.165) is 37.9 Å². The van der Waals surface area contributed by atoms with Gasteiger partial charge in [-0.1, -0.05) is 6.07 Å². The molecule has 1 aromatic rings. The van der Waals surface area contributed by atoms with Gasteiger partial charge in [0.05, 0.1) is 5.69 Å². The minimum atomic E-state index is -0.444. The number of benzene rings is 1. The van der Waals surface area contributed by atoms with Crippen LogP contribution < -0.4 is 4.90 Å². The number of amides is 1. The SMILES string of the molecule is CC(C)(C)OC(=O)N1CCCCc2cc3c(cc21)CCC3. The number of fused-ring (bicyclic) bond motifs is 2. The van der Waals surface area contributed by atoms with E-state index in [1.807, 2.05) is 25.7 Å². The van der Waals surface area contributed by atoms with Gasteiger partial charge in [-0.25, -0.2) is 4.79 Å². The maximum atomic E-state index is 12.5. The van der Waals surface area contributed by atoms with Crippen molar-refractivity contribution >= 4 is 11.8 Å². The highest BCUT2D eigenvalue weighted by Crippen LogP contribution is 2.34. The van der Waals surface area contributed by atoms with Crippen LogP contribution in [0, 0.1) is 0 Å². The van der Waals surface area contributed by atoms with Gasteiger partial charge in [0, 0.05) is 6.54 Å². The van der Waals surface area contributed by atoms with Gasteiger partial charge in [-0.3, -0.25) is 4.90 Å². The maximum Gasteiger partial charge on any atom is 0.414 e. The van der Waals surface area contributed by atoms with Crippen LogP contribution in [0.1, 0.15) is 56.7 Å². The van der Waals surface area contributed by atoms with Crippen LogP contribution in [0.2, 0.25) is 0 Å². The van der Waals surface area contributed by atoms with E-state index in [9.17, 15) is 4.79 Å². The zero-order chi connectivity index (χ0) is 15.0. The second-order valence-corrected chi connectivity index (χ2v) is 7.19. The monoisotopic (exact) mass is 287 g/mol. The quantitative estimate of drug-likeness (QED) is 0.714. The van der Waals surface area contributed by atoms with Crippen molar-refractivity contribution in [2.75, 3.05) is 11.4 Å². The van der Waals surface area contributed by atoms with E-state index in [1.165, 1.54) is 29.5 Å². The van der Waals surface area contributed by atoms with E-state index in [-0.39, 0.29) is 6.09 Å². The zero-order valence-electron chi connectivity index (χ0n) is 13.4. The van der Waals surface area contributed by atoms with Crippen LogP contribution >= 0.6 is 0 Å². The molecular weight excluding hydrogens is 262 g/mol. The lowest BCUT2D eigenvalue weighted by Crippen LogP contribution is -2.37. The molecule has 0 aromatic heterocycles. The van der Waals surface area contributed by atoms with Crippen molar-refractivity contribution in [1.29, 1.82) is 0 Å². The molecule has 1 aliphatic carbocycles. The standard InChI is InChI=1S/C18H25NO2/c1-18(2,3)21-17(20)19-10-5-4-7-15-11-13-8-6-9-14(13)12-16(15)19/h11-12H,4-10H2,1-3H3. The minimum Gasteiger partial charge on any atom is -0.443 e. The Morgan fingerprint density at radius 2 is 1.67 bits per heavy atom. The molecular formula is C18H25NO2. The van der Waals surface area contributed by atoms with Crippen molar-refractivity contribution in [1.82, 2.24) is 0 Å². The lowest BCUT2D eigenvalue weighted by molar-refractivity contribution is 0.0580. The number of ether oxygens (including phenoxy) is 1. The van der Waals surface area contributed by atoms with Gasteiger partial charge in [0.25, 0.3) is 0 Å². The Morgan fingerprint density at radius 1 is 1.00 bits per heavy atom. The van der Waals surface area contributed by atoms with Crippen molar-refractivity contribution in [3.8, 4) is 0 Å². The Hall–Kier alpha value is -1.51. The van der Waals surface area contributed by atoms with E-state index in [2.05, 4.69) is 12.1 Å². The number of rotatable bonds is 0. The zero-order valence-corrected chi connectivity index (χ0v) is 13.4. The van der Waals surface area contributed by atoms with Crippen molar-refractivity contribution in [3.63, 3.8) is 0 Å². The van der Waals surface area contributed by atoms with Crippen molar-refractivity contribution in [2.45, 2.75) is 64.9 Å². The molecule has 3 heteroatoms. The van der Waals surface area contributed by atoms with Crippen LogP contribution in [0.25, 0.3) is 0 Å². The Morgan fingerprint density at radius 3 is 2.38 bits per heavy atom. The Balaban J connectivity index is 1.95. The summed E-state index contributed by atoms with van der Waals surface area (Å²) in [6.07, 6.45) is 6.62. The number of hydrogen-bond acceptors (Lipinski definition) is 2. The third-order valence-electron chi connectivity index (χ3n) is 4.28. The maximum absolute atomic E-state index is 12.5.